The lowest BCUT2D eigenvalue weighted by Crippen LogP contribution is -2.42. The number of hydrogen-bond donors (Lipinski definition) is 5. The number of methoxy groups -OCH3 is 1. The Morgan fingerprint density at radius 2 is 1.75 bits per heavy atom. The van der Waals surface area contributed by atoms with Crippen molar-refractivity contribution in [2.75, 3.05) is 25.1 Å². The molecule has 6 rings (SSSR count). The van der Waals surface area contributed by atoms with Gasteiger partial charge in [-0.05, 0) is 90.9 Å². The molecular formula is C41H41ClN6O5. The van der Waals surface area contributed by atoms with Crippen molar-refractivity contribution in [1.82, 2.24) is 10.2 Å². The van der Waals surface area contributed by atoms with Crippen molar-refractivity contribution in [3.63, 3.8) is 0 Å². The standard InChI is InChI=1S/C41H41ClN6O5/c1-25(43)48-35-13-12-32(53-2)22-33(35)40(29-8-10-31(42)11-9-29)46-34(41(48)44)23-38(51)45-24-27-4-3-5-30(20-27)28-16-18-47(19-17-28)39(52)15-7-26-6-14-36(49)37(50)21-26/h3-15,20-22,28,34,43-44,49-50H,16-19,23-24H2,1-2H3,(H,45,51)/b15-7+,43-25?,44-41?/t34-/m0/s1. The number of ether oxygens (including phenoxy) is 1. The maximum absolute atomic E-state index is 13.5. The maximum atomic E-state index is 13.5. The van der Waals surface area contributed by atoms with Crippen molar-refractivity contribution in [2.24, 2.45) is 4.99 Å². The molecule has 0 aromatic heterocycles. The maximum Gasteiger partial charge on any atom is 0.246 e. The summed E-state index contributed by atoms with van der Waals surface area (Å²) < 4.78 is 5.51. The zero-order valence-electron chi connectivity index (χ0n) is 29.5. The highest BCUT2D eigenvalue weighted by atomic mass is 35.5. The van der Waals surface area contributed by atoms with Crippen molar-refractivity contribution < 1.29 is 24.5 Å². The quantitative estimate of drug-likeness (QED) is 0.0545. The van der Waals surface area contributed by atoms with E-state index in [4.69, 9.17) is 32.1 Å². The Balaban J connectivity index is 1.11. The van der Waals surface area contributed by atoms with E-state index in [2.05, 4.69) is 17.4 Å². The monoisotopic (exact) mass is 732 g/mol. The molecule has 53 heavy (non-hydrogen) atoms. The Labute approximate surface area is 313 Å². The van der Waals surface area contributed by atoms with Crippen molar-refractivity contribution in [1.29, 1.82) is 10.8 Å². The molecule has 2 aliphatic heterocycles. The number of halogens is 1. The van der Waals surface area contributed by atoms with E-state index in [1.54, 1.807) is 55.3 Å². The summed E-state index contributed by atoms with van der Waals surface area (Å²) in [4.78, 5) is 34.6. The van der Waals surface area contributed by atoms with Gasteiger partial charge in [-0.3, -0.25) is 30.3 Å². The molecule has 0 bridgehead atoms. The summed E-state index contributed by atoms with van der Waals surface area (Å²) in [7, 11) is 1.57. The third-order valence-electron chi connectivity index (χ3n) is 9.51. The number of rotatable bonds is 9. The van der Waals surface area contributed by atoms with Crippen molar-refractivity contribution >= 4 is 52.6 Å². The fourth-order valence-electron chi connectivity index (χ4n) is 6.69. The number of anilines is 1. The molecule has 0 saturated carbocycles. The first-order valence-electron chi connectivity index (χ1n) is 17.3. The first-order valence-corrected chi connectivity index (χ1v) is 17.7. The topological polar surface area (TPSA) is 162 Å². The molecule has 2 heterocycles. The molecule has 4 aromatic carbocycles. The Bertz CT molecular complexity index is 2110. The average Bonchev–Trinajstić information content (AvgIpc) is 3.28. The third kappa shape index (κ3) is 8.58. The zero-order valence-corrected chi connectivity index (χ0v) is 30.2. The molecule has 1 fully saturated rings. The van der Waals surface area contributed by atoms with E-state index in [0.29, 0.717) is 52.9 Å². The van der Waals surface area contributed by atoms with Gasteiger partial charge in [-0.2, -0.15) is 0 Å². The molecule has 11 nitrogen and oxygen atoms in total. The van der Waals surface area contributed by atoms with Crippen LogP contribution in [0.5, 0.6) is 17.2 Å². The van der Waals surface area contributed by atoms with Crippen molar-refractivity contribution in [2.45, 2.75) is 44.7 Å². The number of piperidine rings is 1. The molecule has 0 unspecified atom stereocenters. The van der Waals surface area contributed by atoms with Gasteiger partial charge >= 0.3 is 0 Å². The highest BCUT2D eigenvalue weighted by Gasteiger charge is 2.32. The van der Waals surface area contributed by atoms with Gasteiger partial charge in [0.05, 0.1) is 24.9 Å². The second-order valence-corrected chi connectivity index (χ2v) is 13.5. The van der Waals surface area contributed by atoms with Crippen LogP contribution in [0.2, 0.25) is 5.02 Å². The highest BCUT2D eigenvalue weighted by Crippen LogP contribution is 2.34. The van der Waals surface area contributed by atoms with Crippen LogP contribution >= 0.6 is 11.6 Å². The Kier molecular flexibility index (Phi) is 11.2. The molecule has 12 heteroatoms. The van der Waals surface area contributed by atoms with E-state index in [1.165, 1.54) is 23.1 Å². The number of benzodiazepines with no additional fused rings is 1. The molecule has 0 aliphatic carbocycles. The second kappa shape index (κ2) is 16.2. The number of nitrogens with one attached hydrogen (secondary N) is 3. The van der Waals surface area contributed by atoms with Crippen LogP contribution in [-0.4, -0.2) is 70.6 Å². The smallest absolute Gasteiger partial charge is 0.246 e. The van der Waals surface area contributed by atoms with Gasteiger partial charge in [0.2, 0.25) is 11.8 Å². The second-order valence-electron chi connectivity index (χ2n) is 13.1. The number of carbonyl (C=O) groups is 2. The highest BCUT2D eigenvalue weighted by molar-refractivity contribution is 6.31. The number of aliphatic imine (C=N–C) groups is 1. The molecule has 0 spiro atoms. The van der Waals surface area contributed by atoms with Crippen LogP contribution in [0.25, 0.3) is 6.08 Å². The van der Waals surface area contributed by atoms with Crippen LogP contribution < -0.4 is 15.0 Å². The fourth-order valence-corrected chi connectivity index (χ4v) is 6.82. The number of likely N-dealkylation sites (tertiary alicyclic amines) is 1. The van der Waals surface area contributed by atoms with E-state index < -0.39 is 6.04 Å². The number of fused-ring (bicyclic) bond motifs is 1. The minimum absolute atomic E-state index is 0.0185. The number of nitrogens with zero attached hydrogens (tertiary/aromatic N) is 3. The lowest BCUT2D eigenvalue weighted by Gasteiger charge is -2.31. The van der Waals surface area contributed by atoms with Gasteiger partial charge in [-0.1, -0.05) is 54.1 Å². The van der Waals surface area contributed by atoms with Crippen LogP contribution in [0.1, 0.15) is 59.9 Å². The summed E-state index contributed by atoms with van der Waals surface area (Å²) in [5.41, 5.74) is 5.29. The first kappa shape index (κ1) is 36.8. The van der Waals surface area contributed by atoms with Crippen molar-refractivity contribution in [3.05, 3.63) is 124 Å². The molecule has 2 aliphatic rings. The molecular weight excluding hydrogens is 692 g/mol. The average molecular weight is 733 g/mol. The molecule has 1 saturated heterocycles. The number of amides is 2. The van der Waals surface area contributed by atoms with Crippen LogP contribution in [-0.2, 0) is 16.1 Å². The number of hydrogen-bond acceptors (Lipinski definition) is 8. The van der Waals surface area contributed by atoms with Crippen LogP contribution in [0.4, 0.5) is 5.69 Å². The lowest BCUT2D eigenvalue weighted by molar-refractivity contribution is -0.127. The summed E-state index contributed by atoms with van der Waals surface area (Å²) in [6.07, 6.45) is 4.60. The van der Waals surface area contributed by atoms with Crippen LogP contribution in [0.3, 0.4) is 0 Å². The third-order valence-corrected chi connectivity index (χ3v) is 9.76. The number of benzene rings is 4. The van der Waals surface area contributed by atoms with Gasteiger partial charge in [0, 0.05) is 41.9 Å². The van der Waals surface area contributed by atoms with Crippen molar-refractivity contribution in [3.8, 4) is 17.2 Å². The number of phenols is 2. The van der Waals surface area contributed by atoms with Crippen LogP contribution in [0, 0.1) is 10.8 Å². The van der Waals surface area contributed by atoms with Gasteiger partial charge in [0.1, 0.15) is 23.5 Å². The summed E-state index contributed by atoms with van der Waals surface area (Å²) in [5, 5.41) is 40.5. The number of aromatic hydroxyl groups is 2. The van der Waals surface area contributed by atoms with Crippen LogP contribution in [0.15, 0.2) is 96.0 Å². The van der Waals surface area contributed by atoms with Gasteiger partial charge in [-0.15, -0.1) is 0 Å². The summed E-state index contributed by atoms with van der Waals surface area (Å²) in [6, 6.07) is 24.3. The Morgan fingerprint density at radius 1 is 1.00 bits per heavy atom. The molecule has 4 aromatic rings. The van der Waals surface area contributed by atoms with E-state index in [1.807, 2.05) is 30.3 Å². The molecule has 0 radical (unpaired) electrons. The minimum Gasteiger partial charge on any atom is -0.504 e. The molecule has 1 atom stereocenters. The number of amidine groups is 2. The van der Waals surface area contributed by atoms with Gasteiger partial charge in [-0.25, -0.2) is 0 Å². The number of phenolic OH excluding ortho intramolecular Hbond substituents is 2. The Morgan fingerprint density at radius 3 is 2.45 bits per heavy atom. The van der Waals surface area contributed by atoms with E-state index in [0.717, 1.165) is 29.5 Å². The Hall–Kier alpha value is -5.94. The normalized spacial score (nSPS) is 16.2. The predicted molar refractivity (Wildman–Crippen MR) is 208 cm³/mol. The SMILES string of the molecule is COc1ccc2c(c1)C(c1ccc(Cl)cc1)=N[C@@H](CC(=O)NCc1cccc(C3CCN(C(=O)/C=C/c4ccc(O)c(O)c4)CC3)c1)C(=N)N2C(C)=N. The first-order chi connectivity index (χ1) is 25.5. The summed E-state index contributed by atoms with van der Waals surface area (Å²) in [6.45, 7) is 3.10. The van der Waals surface area contributed by atoms with Gasteiger partial charge in [0.15, 0.2) is 11.5 Å². The lowest BCUT2D eigenvalue weighted by atomic mass is 9.88. The number of carbonyl (C=O) groups excluding carboxylic acids is 2. The fraction of sp³-hybridized carbons (Fsp3) is 0.244. The van der Waals surface area contributed by atoms with E-state index in [-0.39, 0.29) is 47.3 Å². The largest absolute Gasteiger partial charge is 0.504 e. The van der Waals surface area contributed by atoms with E-state index >= 15 is 0 Å². The molecule has 272 valence electrons. The van der Waals surface area contributed by atoms with Gasteiger partial charge < -0.3 is 25.2 Å². The van der Waals surface area contributed by atoms with E-state index in [9.17, 15) is 19.8 Å². The molecule has 2 amide bonds. The van der Waals surface area contributed by atoms with Gasteiger partial charge in [0.25, 0.3) is 0 Å². The molecule has 5 N–H and O–H groups in total. The minimum atomic E-state index is -0.873. The summed E-state index contributed by atoms with van der Waals surface area (Å²) in [5.74, 6) is 0.160. The predicted octanol–water partition coefficient (Wildman–Crippen LogP) is 6.89. The zero-order chi connectivity index (χ0) is 37.6. The summed E-state index contributed by atoms with van der Waals surface area (Å²) >= 11 is 6.20.